The lowest BCUT2D eigenvalue weighted by atomic mass is 10.2. The van der Waals surface area contributed by atoms with E-state index in [-0.39, 0.29) is 5.91 Å². The molecule has 1 amide bonds. The van der Waals surface area contributed by atoms with Crippen molar-refractivity contribution in [2.45, 2.75) is 24.8 Å². The number of nitrogens with one attached hydrogen (secondary N) is 1. The Morgan fingerprint density at radius 1 is 1.29 bits per heavy atom. The van der Waals surface area contributed by atoms with Gasteiger partial charge in [0, 0.05) is 32.7 Å². The molecule has 0 bridgehead atoms. The van der Waals surface area contributed by atoms with Crippen molar-refractivity contribution in [3.05, 3.63) is 0 Å². The van der Waals surface area contributed by atoms with Crippen LogP contribution in [0, 0.1) is 0 Å². The molecule has 1 aliphatic heterocycles. The lowest BCUT2D eigenvalue weighted by Gasteiger charge is -2.32. The third-order valence-corrected chi connectivity index (χ3v) is 3.77. The summed E-state index contributed by atoms with van der Waals surface area (Å²) in [5, 5.41) is 2.93. The van der Waals surface area contributed by atoms with E-state index in [1.54, 1.807) is 0 Å². The average Bonchev–Trinajstić information content (AvgIpc) is 3.06. The fourth-order valence-electron chi connectivity index (χ4n) is 2.11. The topological polar surface area (TPSA) is 61.6 Å². The van der Waals surface area contributed by atoms with Gasteiger partial charge in [0.15, 0.2) is 0 Å². The summed E-state index contributed by atoms with van der Waals surface area (Å²) < 4.78 is 0. The van der Waals surface area contributed by atoms with Gasteiger partial charge in [-0.1, -0.05) is 0 Å². The van der Waals surface area contributed by atoms with Gasteiger partial charge in [0.1, 0.15) is 0 Å². The average molecular weight is 240 g/mol. The molecule has 1 heterocycles. The first-order valence-electron chi connectivity index (χ1n) is 6.58. The van der Waals surface area contributed by atoms with E-state index in [0.717, 1.165) is 58.5 Å². The summed E-state index contributed by atoms with van der Waals surface area (Å²) >= 11 is 0. The summed E-state index contributed by atoms with van der Waals surface area (Å²) in [4.78, 5) is 16.4. The van der Waals surface area contributed by atoms with E-state index in [1.165, 1.54) is 0 Å². The summed E-state index contributed by atoms with van der Waals surface area (Å²) in [5.74, 6) is 0.0378. The first-order valence-corrected chi connectivity index (χ1v) is 6.58. The Hall–Kier alpha value is -0.650. The van der Waals surface area contributed by atoms with Crippen LogP contribution >= 0.6 is 0 Å². The molecule has 3 N–H and O–H groups in total. The lowest BCUT2D eigenvalue weighted by Crippen LogP contribution is -2.46. The Labute approximate surface area is 103 Å². The van der Waals surface area contributed by atoms with Gasteiger partial charge in [0.2, 0.25) is 5.91 Å². The predicted molar refractivity (Wildman–Crippen MR) is 67.7 cm³/mol. The zero-order valence-electron chi connectivity index (χ0n) is 10.7. The molecule has 2 fully saturated rings. The molecule has 1 saturated carbocycles. The van der Waals surface area contributed by atoms with Crippen LogP contribution < -0.4 is 11.1 Å². The molecule has 5 heteroatoms. The van der Waals surface area contributed by atoms with Gasteiger partial charge in [-0.15, -0.1) is 0 Å². The van der Waals surface area contributed by atoms with Gasteiger partial charge in [0.05, 0.1) is 5.54 Å². The van der Waals surface area contributed by atoms with Gasteiger partial charge in [-0.3, -0.25) is 4.79 Å². The fourth-order valence-corrected chi connectivity index (χ4v) is 2.11. The molecule has 1 saturated heterocycles. The molecule has 2 rings (SSSR count). The van der Waals surface area contributed by atoms with E-state index >= 15 is 0 Å². The molecule has 0 aromatic heterocycles. The number of likely N-dealkylation sites (N-methyl/N-ethyl adjacent to an activating group) is 1. The number of carbonyl (C=O) groups is 1. The van der Waals surface area contributed by atoms with Gasteiger partial charge in [-0.25, -0.2) is 0 Å². The molecule has 1 aliphatic carbocycles. The van der Waals surface area contributed by atoms with Crippen LogP contribution in [0.2, 0.25) is 0 Å². The summed E-state index contributed by atoms with van der Waals surface area (Å²) in [7, 11) is 2.16. The molecule has 2 aliphatic rings. The van der Waals surface area contributed by atoms with Crippen LogP contribution in [-0.2, 0) is 4.79 Å². The Morgan fingerprint density at radius 3 is 2.53 bits per heavy atom. The molecule has 0 radical (unpaired) electrons. The minimum Gasteiger partial charge on any atom is -0.354 e. The third kappa shape index (κ3) is 3.66. The Kier molecular flexibility index (Phi) is 4.01. The van der Waals surface area contributed by atoms with E-state index in [1.807, 2.05) is 0 Å². The molecule has 0 spiro atoms. The van der Waals surface area contributed by atoms with E-state index in [2.05, 4.69) is 22.2 Å². The number of nitrogens with two attached hydrogens (primary N) is 1. The van der Waals surface area contributed by atoms with Crippen LogP contribution in [0.3, 0.4) is 0 Å². The normalized spacial score (nSPS) is 24.6. The predicted octanol–water partition coefficient (Wildman–Crippen LogP) is -0.769. The standard InChI is InChI=1S/C12H24N4O/c1-15-7-9-16(10-8-15)6-2-5-14-11(17)12(13)3-4-12/h2-10,13H2,1H3,(H,14,17). The van der Waals surface area contributed by atoms with Crippen LogP contribution in [0.15, 0.2) is 0 Å². The zero-order chi connectivity index (χ0) is 12.3. The second-order valence-corrected chi connectivity index (χ2v) is 5.41. The fraction of sp³-hybridized carbons (Fsp3) is 0.917. The highest BCUT2D eigenvalue weighted by molar-refractivity contribution is 5.88. The van der Waals surface area contributed by atoms with Gasteiger partial charge < -0.3 is 20.9 Å². The van der Waals surface area contributed by atoms with Crippen molar-refractivity contribution < 1.29 is 4.79 Å². The van der Waals surface area contributed by atoms with Gasteiger partial charge in [-0.05, 0) is 32.9 Å². The Morgan fingerprint density at radius 2 is 1.94 bits per heavy atom. The third-order valence-electron chi connectivity index (χ3n) is 3.77. The Bertz CT molecular complexity index is 270. The van der Waals surface area contributed by atoms with Gasteiger partial charge in [0.25, 0.3) is 0 Å². The second-order valence-electron chi connectivity index (χ2n) is 5.41. The van der Waals surface area contributed by atoms with Crippen molar-refractivity contribution in [1.82, 2.24) is 15.1 Å². The van der Waals surface area contributed by atoms with Crippen LogP contribution in [0.5, 0.6) is 0 Å². The highest BCUT2D eigenvalue weighted by Gasteiger charge is 2.45. The molecule has 5 nitrogen and oxygen atoms in total. The maximum Gasteiger partial charge on any atom is 0.240 e. The number of rotatable bonds is 5. The smallest absolute Gasteiger partial charge is 0.240 e. The second kappa shape index (κ2) is 5.33. The molecule has 0 aromatic carbocycles. The SMILES string of the molecule is CN1CCN(CCCNC(=O)C2(N)CC2)CC1. The monoisotopic (exact) mass is 240 g/mol. The highest BCUT2D eigenvalue weighted by Crippen LogP contribution is 2.31. The molecular weight excluding hydrogens is 216 g/mol. The zero-order valence-corrected chi connectivity index (χ0v) is 10.7. The van der Waals surface area contributed by atoms with Crippen LogP contribution in [0.1, 0.15) is 19.3 Å². The van der Waals surface area contributed by atoms with Gasteiger partial charge in [-0.2, -0.15) is 0 Å². The van der Waals surface area contributed by atoms with Crippen LogP contribution in [0.4, 0.5) is 0 Å². The number of carbonyl (C=O) groups excluding carboxylic acids is 1. The van der Waals surface area contributed by atoms with Crippen LogP contribution in [0.25, 0.3) is 0 Å². The van der Waals surface area contributed by atoms with E-state index in [4.69, 9.17) is 5.73 Å². The van der Waals surface area contributed by atoms with Crippen molar-refractivity contribution in [2.75, 3.05) is 46.3 Å². The number of piperazine rings is 1. The Balaban J connectivity index is 1.53. The molecule has 0 aromatic rings. The van der Waals surface area contributed by atoms with Gasteiger partial charge >= 0.3 is 0 Å². The number of amides is 1. The molecule has 98 valence electrons. The first kappa shape index (κ1) is 12.8. The number of hydrogen-bond acceptors (Lipinski definition) is 4. The van der Waals surface area contributed by atoms with Crippen LogP contribution in [-0.4, -0.2) is 67.6 Å². The van der Waals surface area contributed by atoms with Crippen molar-refractivity contribution in [1.29, 1.82) is 0 Å². The summed E-state index contributed by atoms with van der Waals surface area (Å²) in [6, 6.07) is 0. The van der Waals surface area contributed by atoms with E-state index in [9.17, 15) is 4.79 Å². The summed E-state index contributed by atoms with van der Waals surface area (Å²) in [6.45, 7) is 6.42. The molecule has 0 unspecified atom stereocenters. The number of nitrogens with zero attached hydrogens (tertiary/aromatic N) is 2. The van der Waals surface area contributed by atoms with Crippen molar-refractivity contribution in [2.24, 2.45) is 5.73 Å². The van der Waals surface area contributed by atoms with Crippen molar-refractivity contribution >= 4 is 5.91 Å². The number of hydrogen-bond donors (Lipinski definition) is 2. The molecule has 0 atom stereocenters. The summed E-state index contributed by atoms with van der Waals surface area (Å²) in [6.07, 6.45) is 2.71. The molecule has 17 heavy (non-hydrogen) atoms. The maximum atomic E-state index is 11.6. The summed E-state index contributed by atoms with van der Waals surface area (Å²) in [5.41, 5.74) is 5.28. The highest BCUT2D eigenvalue weighted by atomic mass is 16.2. The minimum absolute atomic E-state index is 0.0378. The van der Waals surface area contributed by atoms with E-state index < -0.39 is 5.54 Å². The lowest BCUT2D eigenvalue weighted by molar-refractivity contribution is -0.123. The van der Waals surface area contributed by atoms with E-state index in [0.29, 0.717) is 0 Å². The molecular formula is C12H24N4O. The largest absolute Gasteiger partial charge is 0.354 e. The maximum absolute atomic E-state index is 11.6. The quantitative estimate of drug-likeness (QED) is 0.620. The minimum atomic E-state index is -0.520. The van der Waals surface area contributed by atoms with Crippen molar-refractivity contribution in [3.63, 3.8) is 0 Å². The first-order chi connectivity index (χ1) is 8.10. The van der Waals surface area contributed by atoms with Crippen molar-refractivity contribution in [3.8, 4) is 0 Å².